The predicted octanol–water partition coefficient (Wildman–Crippen LogP) is 8.26. The Kier molecular flexibility index (Phi) is 4.80. The molecule has 5 aromatic heterocycles. The van der Waals surface area contributed by atoms with E-state index in [-0.39, 0.29) is 0 Å². The van der Waals surface area contributed by atoms with Crippen molar-refractivity contribution < 1.29 is 0 Å². The molecular weight excluding hydrogens is 516 g/mol. The van der Waals surface area contributed by atoms with E-state index in [1.807, 2.05) is 43.0 Å². The summed E-state index contributed by atoms with van der Waals surface area (Å²) in [6.07, 6.45) is 7.35. The summed E-state index contributed by atoms with van der Waals surface area (Å²) < 4.78 is 4.48. The molecule has 0 fully saturated rings. The van der Waals surface area contributed by atoms with E-state index in [0.717, 1.165) is 77.6 Å². The lowest BCUT2D eigenvalue weighted by Crippen LogP contribution is -2.06. The van der Waals surface area contributed by atoms with Crippen molar-refractivity contribution >= 4 is 49.4 Å². The summed E-state index contributed by atoms with van der Waals surface area (Å²) in [5.41, 5.74) is 10.5. The molecule has 4 aromatic carbocycles. The van der Waals surface area contributed by atoms with Gasteiger partial charge in [-0.2, -0.15) is 0 Å². The lowest BCUT2D eigenvalue weighted by Gasteiger charge is -2.13. The third-order valence-electron chi connectivity index (χ3n) is 8.12. The lowest BCUT2D eigenvalue weighted by atomic mass is 10.0. The molecule has 0 radical (unpaired) electrons. The molecule has 0 saturated heterocycles. The van der Waals surface area contributed by atoms with Crippen molar-refractivity contribution in [2.24, 2.45) is 0 Å². The number of pyridine rings is 2. The second kappa shape index (κ2) is 8.81. The van der Waals surface area contributed by atoms with Crippen molar-refractivity contribution in [1.82, 2.24) is 28.9 Å². The maximum atomic E-state index is 5.30. The van der Waals surface area contributed by atoms with Crippen LogP contribution in [0.1, 0.15) is 0 Å². The zero-order chi connectivity index (χ0) is 27.6. The van der Waals surface area contributed by atoms with E-state index < -0.39 is 0 Å². The summed E-state index contributed by atoms with van der Waals surface area (Å²) in [5, 5.41) is 3.34. The summed E-state index contributed by atoms with van der Waals surface area (Å²) >= 11 is 0. The number of fused-ring (bicyclic) bond motifs is 8. The smallest absolute Gasteiger partial charge is 0.221 e. The van der Waals surface area contributed by atoms with Gasteiger partial charge in [-0.3, -0.25) is 18.9 Å². The number of hydrogen-bond donors (Lipinski definition) is 0. The Morgan fingerprint density at radius 2 is 1.00 bits per heavy atom. The van der Waals surface area contributed by atoms with Crippen LogP contribution >= 0.6 is 0 Å². The van der Waals surface area contributed by atoms with Gasteiger partial charge in [0.25, 0.3) is 0 Å². The van der Waals surface area contributed by atoms with Gasteiger partial charge < -0.3 is 0 Å². The van der Waals surface area contributed by atoms with Gasteiger partial charge in [-0.15, -0.1) is 0 Å². The van der Waals surface area contributed by atoms with Crippen LogP contribution in [0.4, 0.5) is 0 Å². The van der Waals surface area contributed by atoms with Crippen LogP contribution in [0.5, 0.6) is 0 Å². The number of benzene rings is 4. The molecule has 0 bridgehead atoms. The molecule has 0 spiro atoms. The molecule has 0 aliphatic carbocycles. The Hall–Kier alpha value is -5.88. The van der Waals surface area contributed by atoms with Gasteiger partial charge in [-0.05, 0) is 95.1 Å². The van der Waals surface area contributed by atoms with Gasteiger partial charge in [0.05, 0.1) is 27.6 Å². The van der Waals surface area contributed by atoms with Crippen LogP contribution in [0, 0.1) is 0 Å². The number of rotatable bonds is 3. The first-order valence-electron chi connectivity index (χ1n) is 13.9. The average molecular weight is 539 g/mol. The van der Waals surface area contributed by atoms with Crippen LogP contribution in [0.25, 0.3) is 77.6 Å². The first kappa shape index (κ1) is 22.9. The maximum absolute atomic E-state index is 5.30. The molecule has 5 heterocycles. The minimum Gasteiger partial charge on any atom is -0.279 e. The van der Waals surface area contributed by atoms with Crippen LogP contribution < -0.4 is 0 Å². The normalized spacial score (nSPS) is 11.8. The highest BCUT2D eigenvalue weighted by molar-refractivity contribution is 6.12. The SMILES string of the molecule is c1ccc2c(c1)nc(-n1c3ccc(-c4ccncc4)cc3c3cc(-c4ccncc4)ccc31)n1c3ccccc3nc21. The fourth-order valence-corrected chi connectivity index (χ4v) is 6.16. The first-order valence-corrected chi connectivity index (χ1v) is 13.9. The highest BCUT2D eigenvalue weighted by atomic mass is 15.2. The van der Waals surface area contributed by atoms with Crippen LogP contribution in [-0.4, -0.2) is 28.9 Å². The molecule has 0 amide bonds. The van der Waals surface area contributed by atoms with Gasteiger partial charge >= 0.3 is 0 Å². The van der Waals surface area contributed by atoms with Gasteiger partial charge in [0.1, 0.15) is 5.65 Å². The molecule has 9 aromatic rings. The molecule has 42 heavy (non-hydrogen) atoms. The van der Waals surface area contributed by atoms with E-state index in [2.05, 4.69) is 110 Å². The minimum absolute atomic E-state index is 0.811. The quantitative estimate of drug-likeness (QED) is 0.227. The van der Waals surface area contributed by atoms with Gasteiger partial charge in [0.15, 0.2) is 0 Å². The Balaban J connectivity index is 1.44. The fourth-order valence-electron chi connectivity index (χ4n) is 6.16. The van der Waals surface area contributed by atoms with Crippen molar-refractivity contribution in [2.45, 2.75) is 0 Å². The van der Waals surface area contributed by atoms with Crippen LogP contribution in [0.2, 0.25) is 0 Å². The van der Waals surface area contributed by atoms with E-state index >= 15 is 0 Å². The number of nitrogens with zero attached hydrogens (tertiary/aromatic N) is 6. The van der Waals surface area contributed by atoms with Gasteiger partial charge in [0.2, 0.25) is 5.95 Å². The van der Waals surface area contributed by atoms with Crippen LogP contribution in [0.3, 0.4) is 0 Å². The van der Waals surface area contributed by atoms with Gasteiger partial charge in [0, 0.05) is 40.9 Å². The van der Waals surface area contributed by atoms with Crippen LogP contribution in [0.15, 0.2) is 134 Å². The molecule has 0 atom stereocenters. The van der Waals surface area contributed by atoms with Gasteiger partial charge in [-0.25, -0.2) is 9.97 Å². The third-order valence-corrected chi connectivity index (χ3v) is 8.12. The first-order chi connectivity index (χ1) is 20.8. The Morgan fingerprint density at radius 3 is 1.64 bits per heavy atom. The maximum Gasteiger partial charge on any atom is 0.221 e. The van der Waals surface area contributed by atoms with E-state index in [1.165, 1.54) is 0 Å². The molecule has 9 rings (SSSR count). The summed E-state index contributed by atoms with van der Waals surface area (Å²) in [6.45, 7) is 0. The molecule has 6 nitrogen and oxygen atoms in total. The minimum atomic E-state index is 0.811. The van der Waals surface area contributed by atoms with Gasteiger partial charge in [-0.1, -0.05) is 36.4 Å². The Morgan fingerprint density at radius 1 is 0.429 bits per heavy atom. The third kappa shape index (κ3) is 3.32. The average Bonchev–Trinajstić information content (AvgIpc) is 3.61. The topological polar surface area (TPSA) is 60.9 Å². The lowest BCUT2D eigenvalue weighted by molar-refractivity contribution is 0.979. The van der Waals surface area contributed by atoms with Crippen molar-refractivity contribution in [3.8, 4) is 28.2 Å². The number of hydrogen-bond acceptors (Lipinski definition) is 4. The van der Waals surface area contributed by atoms with E-state index in [0.29, 0.717) is 0 Å². The molecule has 0 N–H and O–H groups in total. The molecule has 0 aliphatic rings. The molecular formula is C36H22N6. The Bertz CT molecular complexity index is 2360. The predicted molar refractivity (Wildman–Crippen MR) is 169 cm³/mol. The Labute approximate surface area is 240 Å². The van der Waals surface area contributed by atoms with E-state index in [9.17, 15) is 0 Å². The number of para-hydroxylation sites is 3. The van der Waals surface area contributed by atoms with Crippen molar-refractivity contribution in [3.05, 3.63) is 134 Å². The summed E-state index contributed by atoms with van der Waals surface area (Å²) in [7, 11) is 0. The molecule has 0 unspecified atom stereocenters. The standard InChI is InChI=1S/C36H22N6/c1-2-6-30-27(5-1)35-39-31-7-3-4-8-34(31)42(35)36(40-30)41-32-11-9-25(23-13-17-37-18-14-23)21-28(32)29-22-26(10-12-33(29)41)24-15-19-38-20-16-24/h1-22H. The highest BCUT2D eigenvalue weighted by Crippen LogP contribution is 2.38. The second-order valence-corrected chi connectivity index (χ2v) is 10.5. The van der Waals surface area contributed by atoms with Crippen molar-refractivity contribution in [2.75, 3.05) is 0 Å². The van der Waals surface area contributed by atoms with E-state index in [4.69, 9.17) is 9.97 Å². The highest BCUT2D eigenvalue weighted by Gasteiger charge is 2.20. The molecule has 196 valence electrons. The van der Waals surface area contributed by atoms with E-state index in [1.54, 1.807) is 0 Å². The monoisotopic (exact) mass is 538 g/mol. The summed E-state index contributed by atoms with van der Waals surface area (Å²) in [5.74, 6) is 0.811. The van der Waals surface area contributed by atoms with Crippen LogP contribution in [-0.2, 0) is 0 Å². The summed E-state index contributed by atoms with van der Waals surface area (Å²) in [4.78, 5) is 18.8. The largest absolute Gasteiger partial charge is 0.279 e. The van der Waals surface area contributed by atoms with Crippen molar-refractivity contribution in [3.63, 3.8) is 0 Å². The summed E-state index contributed by atoms with van der Waals surface area (Å²) in [6, 6.07) is 38.1. The molecule has 0 saturated carbocycles. The number of imidazole rings is 1. The zero-order valence-corrected chi connectivity index (χ0v) is 22.4. The molecule has 6 heteroatoms. The number of aromatic nitrogens is 6. The zero-order valence-electron chi connectivity index (χ0n) is 22.4. The van der Waals surface area contributed by atoms with Crippen molar-refractivity contribution in [1.29, 1.82) is 0 Å². The second-order valence-electron chi connectivity index (χ2n) is 10.5. The molecule has 0 aliphatic heterocycles. The fraction of sp³-hybridized carbons (Fsp3) is 0.